The molecule has 2 aromatic rings. The van der Waals surface area contributed by atoms with Crippen LogP contribution in [0.15, 0.2) is 42.9 Å². The number of halogens is 1. The Morgan fingerprint density at radius 1 is 1.24 bits per heavy atom. The van der Waals surface area contributed by atoms with Gasteiger partial charge < -0.3 is 4.74 Å². The lowest BCUT2D eigenvalue weighted by molar-refractivity contribution is 0.102. The van der Waals surface area contributed by atoms with Gasteiger partial charge in [0.25, 0.3) is 0 Å². The summed E-state index contributed by atoms with van der Waals surface area (Å²) in [5, 5.41) is 0. The second-order valence-corrected chi connectivity index (χ2v) is 3.49. The number of hydrogen-bond acceptors (Lipinski definition) is 4. The molecule has 0 N–H and O–H groups in total. The Hall–Kier alpha value is -1.94. The van der Waals surface area contributed by atoms with Gasteiger partial charge in [-0.25, -0.2) is 4.98 Å². The quantitative estimate of drug-likeness (QED) is 0.617. The summed E-state index contributed by atoms with van der Waals surface area (Å²) in [4.78, 5) is 19.1. The van der Waals surface area contributed by atoms with Gasteiger partial charge in [-0.3, -0.25) is 9.78 Å². The van der Waals surface area contributed by atoms with Crippen LogP contribution >= 0.6 is 11.6 Å². The average molecular weight is 249 g/mol. The Kier molecular flexibility index (Phi) is 3.67. The van der Waals surface area contributed by atoms with E-state index in [1.165, 1.54) is 6.20 Å². The highest BCUT2D eigenvalue weighted by molar-refractivity contribution is 6.30. The van der Waals surface area contributed by atoms with Gasteiger partial charge in [-0.2, -0.15) is 0 Å². The van der Waals surface area contributed by atoms with Crippen molar-refractivity contribution in [3.05, 3.63) is 48.4 Å². The molecule has 86 valence electrons. The van der Waals surface area contributed by atoms with Crippen LogP contribution in [0, 0.1) is 0 Å². The van der Waals surface area contributed by atoms with Gasteiger partial charge in [0.1, 0.15) is 5.75 Å². The van der Waals surface area contributed by atoms with E-state index in [2.05, 4.69) is 9.97 Å². The van der Waals surface area contributed by atoms with Gasteiger partial charge in [-0.15, -0.1) is 11.6 Å². The summed E-state index contributed by atoms with van der Waals surface area (Å²) >= 11 is 5.46. The van der Waals surface area contributed by atoms with Crippen LogP contribution in [0.4, 0.5) is 0 Å². The van der Waals surface area contributed by atoms with Crippen molar-refractivity contribution in [2.45, 2.75) is 0 Å². The normalized spacial score (nSPS) is 9.94. The first kappa shape index (κ1) is 11.5. The molecule has 1 heterocycles. The fourth-order valence-corrected chi connectivity index (χ4v) is 1.40. The summed E-state index contributed by atoms with van der Waals surface area (Å²) in [5.74, 6) is 0.864. The first-order chi connectivity index (χ1) is 8.29. The third-order valence-electron chi connectivity index (χ3n) is 2.06. The molecule has 17 heavy (non-hydrogen) atoms. The van der Waals surface area contributed by atoms with Gasteiger partial charge in [-0.05, 0) is 24.3 Å². The van der Waals surface area contributed by atoms with Gasteiger partial charge in [0.05, 0.1) is 12.1 Å². The topological polar surface area (TPSA) is 52.1 Å². The van der Waals surface area contributed by atoms with Crippen molar-refractivity contribution in [1.29, 1.82) is 0 Å². The Morgan fingerprint density at radius 2 is 2.00 bits per heavy atom. The molecule has 0 radical (unpaired) electrons. The summed E-state index contributed by atoms with van der Waals surface area (Å²) < 4.78 is 5.43. The molecule has 0 atom stereocenters. The van der Waals surface area contributed by atoms with E-state index in [1.54, 1.807) is 36.7 Å². The average Bonchev–Trinajstić information content (AvgIpc) is 2.40. The number of rotatable bonds is 4. The van der Waals surface area contributed by atoms with Crippen molar-refractivity contribution in [2.24, 2.45) is 0 Å². The standard InChI is InChI=1S/C12H9ClN2O2/c13-7-11(16)9-1-3-10(4-2-9)17-12-8-14-5-6-15-12/h1-6,8H,7H2. The SMILES string of the molecule is O=C(CCl)c1ccc(Oc2cnccn2)cc1. The first-order valence-corrected chi connectivity index (χ1v) is 5.46. The molecule has 0 aliphatic carbocycles. The van der Waals surface area contributed by atoms with E-state index in [9.17, 15) is 4.79 Å². The van der Waals surface area contributed by atoms with Crippen molar-refractivity contribution in [3.63, 3.8) is 0 Å². The largest absolute Gasteiger partial charge is 0.438 e. The third-order valence-corrected chi connectivity index (χ3v) is 2.30. The molecule has 0 saturated carbocycles. The number of aromatic nitrogens is 2. The van der Waals surface area contributed by atoms with E-state index in [-0.39, 0.29) is 11.7 Å². The van der Waals surface area contributed by atoms with E-state index >= 15 is 0 Å². The molecule has 0 unspecified atom stereocenters. The molecular weight excluding hydrogens is 240 g/mol. The number of carbonyl (C=O) groups excluding carboxylic acids is 1. The maximum atomic E-state index is 11.3. The fourth-order valence-electron chi connectivity index (χ4n) is 1.24. The molecule has 2 rings (SSSR count). The molecule has 5 heteroatoms. The predicted molar refractivity (Wildman–Crippen MR) is 63.6 cm³/mol. The molecule has 1 aromatic carbocycles. The van der Waals surface area contributed by atoms with Crippen LogP contribution in [0.3, 0.4) is 0 Å². The van der Waals surface area contributed by atoms with Crippen LogP contribution < -0.4 is 4.74 Å². The molecule has 0 bridgehead atoms. The summed E-state index contributed by atoms with van der Waals surface area (Å²) in [6.45, 7) is 0. The number of ketones is 1. The fraction of sp³-hybridized carbons (Fsp3) is 0.0833. The summed E-state index contributed by atoms with van der Waals surface area (Å²) in [6, 6.07) is 6.70. The smallest absolute Gasteiger partial charge is 0.237 e. The maximum absolute atomic E-state index is 11.3. The highest BCUT2D eigenvalue weighted by atomic mass is 35.5. The molecule has 4 nitrogen and oxygen atoms in total. The Morgan fingerprint density at radius 3 is 2.59 bits per heavy atom. The minimum Gasteiger partial charge on any atom is -0.438 e. The first-order valence-electron chi connectivity index (χ1n) is 4.92. The molecule has 0 fully saturated rings. The summed E-state index contributed by atoms with van der Waals surface area (Å²) in [5.41, 5.74) is 0.562. The molecule has 0 aliphatic rings. The van der Waals surface area contributed by atoms with Crippen LogP contribution in [0.5, 0.6) is 11.6 Å². The van der Waals surface area contributed by atoms with Crippen molar-refractivity contribution in [1.82, 2.24) is 9.97 Å². The third kappa shape index (κ3) is 3.01. The molecule has 0 aliphatic heterocycles. The zero-order valence-electron chi connectivity index (χ0n) is 8.84. The van der Waals surface area contributed by atoms with Crippen LogP contribution in [0.1, 0.15) is 10.4 Å². The van der Waals surface area contributed by atoms with Crippen LogP contribution in [0.25, 0.3) is 0 Å². The molecular formula is C12H9ClN2O2. The van der Waals surface area contributed by atoms with Crippen molar-refractivity contribution in [2.75, 3.05) is 5.88 Å². The van der Waals surface area contributed by atoms with Gasteiger partial charge in [0.15, 0.2) is 5.78 Å². The summed E-state index contributed by atoms with van der Waals surface area (Å²) in [7, 11) is 0. The lowest BCUT2D eigenvalue weighted by atomic mass is 10.1. The van der Waals surface area contributed by atoms with Crippen molar-refractivity contribution in [3.8, 4) is 11.6 Å². The number of carbonyl (C=O) groups is 1. The predicted octanol–water partition coefficient (Wildman–Crippen LogP) is 2.69. The van der Waals surface area contributed by atoms with Crippen molar-refractivity contribution >= 4 is 17.4 Å². The van der Waals surface area contributed by atoms with Crippen molar-refractivity contribution < 1.29 is 9.53 Å². The van der Waals surface area contributed by atoms with E-state index in [1.807, 2.05) is 0 Å². The van der Waals surface area contributed by atoms with E-state index in [0.717, 1.165) is 0 Å². The number of nitrogens with zero attached hydrogens (tertiary/aromatic N) is 2. The van der Waals surface area contributed by atoms with Gasteiger partial charge in [-0.1, -0.05) is 0 Å². The van der Waals surface area contributed by atoms with Crippen LogP contribution in [0.2, 0.25) is 0 Å². The Labute approximate surface area is 103 Å². The molecule has 0 saturated heterocycles. The van der Waals surface area contributed by atoms with Crippen LogP contribution in [-0.2, 0) is 0 Å². The lowest BCUT2D eigenvalue weighted by Crippen LogP contribution is -1.99. The van der Waals surface area contributed by atoms with E-state index in [4.69, 9.17) is 16.3 Å². The van der Waals surface area contributed by atoms with Gasteiger partial charge >= 0.3 is 0 Å². The van der Waals surface area contributed by atoms with Gasteiger partial charge in [0, 0.05) is 18.0 Å². The zero-order chi connectivity index (χ0) is 12.1. The van der Waals surface area contributed by atoms with E-state index < -0.39 is 0 Å². The summed E-state index contributed by atoms with van der Waals surface area (Å²) in [6.07, 6.45) is 4.62. The van der Waals surface area contributed by atoms with E-state index in [0.29, 0.717) is 17.2 Å². The minimum atomic E-state index is -0.113. The number of alkyl halides is 1. The number of Topliss-reactive ketones (excluding diaryl/α,β-unsaturated/α-hetero) is 1. The molecule has 0 spiro atoms. The highest BCUT2D eigenvalue weighted by Crippen LogP contribution is 2.18. The molecule has 0 amide bonds. The Balaban J connectivity index is 2.11. The molecule has 1 aromatic heterocycles. The maximum Gasteiger partial charge on any atom is 0.237 e. The monoisotopic (exact) mass is 248 g/mol. The zero-order valence-corrected chi connectivity index (χ0v) is 9.59. The van der Waals surface area contributed by atoms with Gasteiger partial charge in [0.2, 0.25) is 5.88 Å². The minimum absolute atomic E-state index is 0.0234. The highest BCUT2D eigenvalue weighted by Gasteiger charge is 2.04. The number of hydrogen-bond donors (Lipinski definition) is 0. The number of ether oxygens (including phenoxy) is 1. The second-order valence-electron chi connectivity index (χ2n) is 3.23. The van der Waals surface area contributed by atoms with Crippen LogP contribution in [-0.4, -0.2) is 21.6 Å². The Bertz CT molecular complexity index is 500. The lowest BCUT2D eigenvalue weighted by Gasteiger charge is -2.04. The second kappa shape index (κ2) is 5.41. The number of benzene rings is 1.